The van der Waals surface area contributed by atoms with Gasteiger partial charge in [0.05, 0.1) is 0 Å². The van der Waals surface area contributed by atoms with Crippen LogP contribution in [0.1, 0.15) is 85.0 Å². The van der Waals surface area contributed by atoms with Gasteiger partial charge >= 0.3 is 5.97 Å². The molecule has 6 nitrogen and oxygen atoms in total. The van der Waals surface area contributed by atoms with Crippen molar-refractivity contribution in [2.75, 3.05) is 7.11 Å². The Bertz CT molecular complexity index is 593. The van der Waals surface area contributed by atoms with Crippen LogP contribution in [0.4, 0.5) is 0 Å². The Balaban J connectivity index is 0.000000557. The van der Waals surface area contributed by atoms with Gasteiger partial charge in [-0.2, -0.15) is 0 Å². The van der Waals surface area contributed by atoms with Crippen molar-refractivity contribution >= 4 is 23.3 Å². The molecule has 2 fully saturated rings. The smallest absolute Gasteiger partial charge is 0.303 e. The lowest BCUT2D eigenvalue weighted by molar-refractivity contribution is -0.138. The summed E-state index contributed by atoms with van der Waals surface area (Å²) in [5.74, 6) is 0.413. The van der Waals surface area contributed by atoms with E-state index in [0.29, 0.717) is 37.4 Å². The van der Waals surface area contributed by atoms with Crippen molar-refractivity contribution in [2.24, 2.45) is 23.7 Å². The van der Waals surface area contributed by atoms with E-state index >= 15 is 0 Å². The summed E-state index contributed by atoms with van der Waals surface area (Å²) in [6.45, 7) is 5.74. The van der Waals surface area contributed by atoms with Crippen LogP contribution < -0.4 is 0 Å². The fraction of sp³-hybridized carbons (Fsp3) is 0.692. The highest BCUT2D eigenvalue weighted by Crippen LogP contribution is 2.35. The van der Waals surface area contributed by atoms with Crippen molar-refractivity contribution < 1.29 is 29.4 Å². The SMILES string of the molecule is CC/C=C\C[C@H]1C(=O)CC[C@H]1CC(=O)O.CC/C=C\C[C@H]1C(=O)CC[C@H]1CC(C)=O.CO. The molecule has 32 heavy (non-hydrogen) atoms. The van der Waals surface area contributed by atoms with E-state index < -0.39 is 5.97 Å². The number of aliphatic hydroxyl groups excluding tert-OH is 1. The number of rotatable bonds is 10. The largest absolute Gasteiger partial charge is 0.481 e. The van der Waals surface area contributed by atoms with Crippen molar-refractivity contribution in [3.63, 3.8) is 0 Å². The molecule has 0 aromatic rings. The molecule has 2 rings (SSSR count). The van der Waals surface area contributed by atoms with Gasteiger partial charge in [-0.15, -0.1) is 0 Å². The molecule has 2 saturated carbocycles. The van der Waals surface area contributed by atoms with E-state index in [2.05, 4.69) is 19.1 Å². The first-order valence-corrected chi connectivity index (χ1v) is 11.8. The summed E-state index contributed by atoms with van der Waals surface area (Å²) in [5, 5.41) is 15.7. The first-order valence-electron chi connectivity index (χ1n) is 11.8. The minimum atomic E-state index is -0.792. The molecule has 2 N–H and O–H groups in total. The normalized spacial score (nSPS) is 24.9. The minimum absolute atomic E-state index is 0.0519. The number of carbonyl (C=O) groups excluding carboxylic acids is 3. The lowest BCUT2D eigenvalue weighted by atomic mass is 9.88. The Labute approximate surface area is 193 Å². The second-order valence-corrected chi connectivity index (χ2v) is 8.48. The molecule has 0 heterocycles. The molecule has 182 valence electrons. The molecular formula is C26H42O6. The van der Waals surface area contributed by atoms with Crippen LogP contribution in [0.15, 0.2) is 24.3 Å². The van der Waals surface area contributed by atoms with E-state index in [0.717, 1.165) is 39.2 Å². The van der Waals surface area contributed by atoms with Crippen LogP contribution in [0, 0.1) is 23.7 Å². The average molecular weight is 451 g/mol. The van der Waals surface area contributed by atoms with E-state index in [1.54, 1.807) is 6.92 Å². The Morgan fingerprint density at radius 1 is 0.812 bits per heavy atom. The van der Waals surface area contributed by atoms with Gasteiger partial charge in [0.25, 0.3) is 0 Å². The highest BCUT2D eigenvalue weighted by Gasteiger charge is 2.35. The van der Waals surface area contributed by atoms with Gasteiger partial charge in [-0.3, -0.25) is 14.4 Å². The Kier molecular flexibility index (Phi) is 16.3. The van der Waals surface area contributed by atoms with Crippen molar-refractivity contribution in [1.82, 2.24) is 0 Å². The number of carbonyl (C=O) groups is 4. The predicted octanol–water partition coefficient (Wildman–Crippen LogP) is 4.94. The summed E-state index contributed by atoms with van der Waals surface area (Å²) in [5.41, 5.74) is 0. The third kappa shape index (κ3) is 11.5. The molecule has 0 aromatic heterocycles. The van der Waals surface area contributed by atoms with Crippen molar-refractivity contribution in [1.29, 1.82) is 0 Å². The number of hydrogen-bond donors (Lipinski definition) is 2. The van der Waals surface area contributed by atoms with E-state index in [1.807, 2.05) is 19.1 Å². The lowest BCUT2D eigenvalue weighted by Gasteiger charge is -2.14. The number of Topliss-reactive ketones (excluding diaryl/α,β-unsaturated/α-hetero) is 3. The molecule has 4 atom stereocenters. The van der Waals surface area contributed by atoms with Gasteiger partial charge in [0.1, 0.15) is 17.3 Å². The van der Waals surface area contributed by atoms with Crippen LogP contribution >= 0.6 is 0 Å². The van der Waals surface area contributed by atoms with E-state index in [4.69, 9.17) is 10.2 Å². The van der Waals surface area contributed by atoms with Crippen LogP contribution in [0.25, 0.3) is 0 Å². The lowest BCUT2D eigenvalue weighted by Crippen LogP contribution is -2.17. The maximum Gasteiger partial charge on any atom is 0.303 e. The molecule has 0 saturated heterocycles. The van der Waals surface area contributed by atoms with Crippen LogP contribution in [0.3, 0.4) is 0 Å². The van der Waals surface area contributed by atoms with Crippen LogP contribution in [0.2, 0.25) is 0 Å². The summed E-state index contributed by atoms with van der Waals surface area (Å²) in [6, 6.07) is 0. The molecule has 2 aliphatic carbocycles. The monoisotopic (exact) mass is 450 g/mol. The number of allylic oxidation sites excluding steroid dienone is 4. The van der Waals surface area contributed by atoms with E-state index in [9.17, 15) is 19.2 Å². The summed E-state index contributed by atoms with van der Waals surface area (Å²) in [7, 11) is 1.00. The van der Waals surface area contributed by atoms with Crippen LogP contribution in [-0.2, 0) is 19.2 Å². The van der Waals surface area contributed by atoms with Crippen LogP contribution in [-0.4, -0.2) is 40.6 Å². The zero-order valence-electron chi connectivity index (χ0n) is 20.2. The molecule has 0 aliphatic heterocycles. The standard InChI is InChI=1S/C13H20O2.C12H18O3.CH4O/c1-3-4-5-6-12-11(9-10(2)14)7-8-13(12)15;1-2-3-4-5-10-9(8-12(14)15)6-7-11(10)13;1-2/h4-5,11-12H,3,6-9H2,1-2H3;3-4,9-10H,2,5-8H2,1H3,(H,14,15);2H,1H3/b5-4-;4-3-;/t11-,12+;9-,10+;/m00./s1. The minimum Gasteiger partial charge on any atom is -0.481 e. The molecule has 6 heteroatoms. The van der Waals surface area contributed by atoms with E-state index in [-0.39, 0.29) is 35.7 Å². The number of carboxylic acids is 1. The van der Waals surface area contributed by atoms with Gasteiger partial charge in [-0.05, 0) is 57.3 Å². The van der Waals surface area contributed by atoms with Gasteiger partial charge in [0.2, 0.25) is 0 Å². The quantitative estimate of drug-likeness (QED) is 0.456. The number of carboxylic acid groups (broad SMARTS) is 1. The van der Waals surface area contributed by atoms with Gasteiger partial charge in [-0.1, -0.05) is 38.2 Å². The maximum absolute atomic E-state index is 11.6. The Morgan fingerprint density at radius 2 is 1.22 bits per heavy atom. The Hall–Kier alpha value is -2.08. The molecule has 0 amide bonds. The molecule has 0 spiro atoms. The van der Waals surface area contributed by atoms with Crippen LogP contribution in [0.5, 0.6) is 0 Å². The summed E-state index contributed by atoms with van der Waals surface area (Å²) < 4.78 is 0. The van der Waals surface area contributed by atoms with Gasteiger partial charge < -0.3 is 15.0 Å². The topological polar surface area (TPSA) is 109 Å². The Morgan fingerprint density at radius 3 is 1.56 bits per heavy atom. The molecule has 2 aliphatic rings. The van der Waals surface area contributed by atoms with Gasteiger partial charge in [0.15, 0.2) is 0 Å². The number of aliphatic carboxylic acids is 1. The van der Waals surface area contributed by atoms with Crippen molar-refractivity contribution in [2.45, 2.75) is 85.0 Å². The fourth-order valence-corrected chi connectivity index (χ4v) is 4.50. The fourth-order valence-electron chi connectivity index (χ4n) is 4.50. The summed E-state index contributed by atoms with van der Waals surface area (Å²) in [4.78, 5) is 44.8. The second kappa shape index (κ2) is 17.5. The molecule has 0 unspecified atom stereocenters. The van der Waals surface area contributed by atoms with E-state index in [1.165, 1.54) is 0 Å². The molecule has 0 bridgehead atoms. The average Bonchev–Trinajstić information content (AvgIpc) is 3.26. The van der Waals surface area contributed by atoms with Gasteiger partial charge in [-0.25, -0.2) is 0 Å². The predicted molar refractivity (Wildman–Crippen MR) is 126 cm³/mol. The molecule has 0 radical (unpaired) electrons. The maximum atomic E-state index is 11.6. The highest BCUT2D eigenvalue weighted by atomic mass is 16.4. The van der Waals surface area contributed by atoms with Crippen molar-refractivity contribution in [3.8, 4) is 0 Å². The molecule has 0 aromatic carbocycles. The number of ketones is 3. The highest BCUT2D eigenvalue weighted by molar-refractivity contribution is 5.85. The zero-order chi connectivity index (χ0) is 24.5. The first-order chi connectivity index (χ1) is 15.3. The zero-order valence-corrected chi connectivity index (χ0v) is 20.2. The van der Waals surface area contributed by atoms with Crippen molar-refractivity contribution in [3.05, 3.63) is 24.3 Å². The van der Waals surface area contributed by atoms with Gasteiger partial charge in [0, 0.05) is 44.6 Å². The summed E-state index contributed by atoms with van der Waals surface area (Å²) >= 11 is 0. The second-order valence-electron chi connectivity index (χ2n) is 8.48. The third-order valence-electron chi connectivity index (χ3n) is 6.06. The molecular weight excluding hydrogens is 408 g/mol. The number of hydrogen-bond acceptors (Lipinski definition) is 5. The number of aliphatic hydroxyl groups is 1. The third-order valence-corrected chi connectivity index (χ3v) is 6.06. The first kappa shape index (κ1) is 29.9. The summed E-state index contributed by atoms with van der Waals surface area (Å²) in [6.07, 6.45) is 15.3.